The van der Waals surface area contributed by atoms with Crippen LogP contribution in [0.4, 0.5) is 0 Å². The van der Waals surface area contributed by atoms with Crippen LogP contribution < -0.4 is 5.32 Å². The van der Waals surface area contributed by atoms with Gasteiger partial charge in [0, 0.05) is 6.42 Å². The van der Waals surface area contributed by atoms with Gasteiger partial charge in [0.1, 0.15) is 13.2 Å². The van der Waals surface area contributed by atoms with Gasteiger partial charge in [-0.3, -0.25) is 13.8 Å². The van der Waals surface area contributed by atoms with Crippen molar-refractivity contribution in [3.05, 3.63) is 48.6 Å². The molecule has 9 heteroatoms. The first-order valence-corrected chi connectivity index (χ1v) is 21.0. The Kier molecular flexibility index (Phi) is 31.4. The summed E-state index contributed by atoms with van der Waals surface area (Å²) in [6.07, 6.45) is 39.0. The standard InChI is InChI=1S/C40H75N2O6P/c1-6-8-10-12-14-16-18-19-20-21-22-24-26-28-30-32-34-40(44)41-38(37-48-49(45,46)47-36-35-42(3,4)5)39(43)33-31-29-27-25-23-17-15-13-11-9-7-2/h11,13,20-21,23,25,31,33,38-39,43H,6-10,12,14-19,22,24,26-30,32,34-37H2,1-5H3,(H-,41,44,45,46)/p+1/b13-11+,21-20-,25-23+,33-31+. The van der Waals surface area contributed by atoms with Gasteiger partial charge in [-0.2, -0.15) is 0 Å². The molecule has 0 aliphatic heterocycles. The van der Waals surface area contributed by atoms with Crippen LogP contribution in [0, 0.1) is 0 Å². The van der Waals surface area contributed by atoms with Gasteiger partial charge in [-0.05, 0) is 64.2 Å². The molecule has 0 aromatic heterocycles. The van der Waals surface area contributed by atoms with Gasteiger partial charge in [0.2, 0.25) is 5.91 Å². The van der Waals surface area contributed by atoms with Crippen molar-refractivity contribution in [2.45, 2.75) is 161 Å². The number of hydrogen-bond donors (Lipinski definition) is 3. The number of nitrogens with zero attached hydrogens (tertiary/aromatic N) is 1. The molecule has 0 fully saturated rings. The maximum Gasteiger partial charge on any atom is 0.472 e. The van der Waals surface area contributed by atoms with Gasteiger partial charge in [-0.1, -0.05) is 127 Å². The molecule has 1 amide bonds. The highest BCUT2D eigenvalue weighted by Gasteiger charge is 2.27. The van der Waals surface area contributed by atoms with Gasteiger partial charge in [-0.15, -0.1) is 0 Å². The SMILES string of the molecule is CCC/C=C/CC/C=C/CC/C=C/C(O)C(COP(=O)(O)OCC[N+](C)(C)C)NC(=O)CCCCCCC/C=C\CCCCCCCCC. The van der Waals surface area contributed by atoms with Gasteiger partial charge < -0.3 is 19.8 Å². The molecule has 8 nitrogen and oxygen atoms in total. The highest BCUT2D eigenvalue weighted by atomic mass is 31.2. The molecule has 0 heterocycles. The van der Waals surface area contributed by atoms with E-state index in [9.17, 15) is 19.4 Å². The first-order valence-electron chi connectivity index (χ1n) is 19.5. The Bertz CT molecular complexity index is 944. The second kappa shape index (κ2) is 32.4. The highest BCUT2D eigenvalue weighted by molar-refractivity contribution is 7.47. The van der Waals surface area contributed by atoms with E-state index in [2.05, 4.69) is 55.6 Å². The lowest BCUT2D eigenvalue weighted by atomic mass is 10.1. The second-order valence-corrected chi connectivity index (χ2v) is 15.7. The molecule has 0 aromatic carbocycles. The minimum atomic E-state index is -4.34. The van der Waals surface area contributed by atoms with E-state index in [1.54, 1.807) is 6.08 Å². The van der Waals surface area contributed by atoms with Crippen molar-refractivity contribution < 1.29 is 32.9 Å². The topological polar surface area (TPSA) is 105 Å². The van der Waals surface area contributed by atoms with Crippen molar-refractivity contribution in [2.75, 3.05) is 40.9 Å². The second-order valence-electron chi connectivity index (χ2n) is 14.3. The highest BCUT2D eigenvalue weighted by Crippen LogP contribution is 2.43. The molecule has 3 N–H and O–H groups in total. The van der Waals surface area contributed by atoms with E-state index in [-0.39, 0.29) is 19.1 Å². The number of phosphoric ester groups is 1. The van der Waals surface area contributed by atoms with Gasteiger partial charge in [-0.25, -0.2) is 4.57 Å². The zero-order valence-electron chi connectivity index (χ0n) is 32.2. The summed E-state index contributed by atoms with van der Waals surface area (Å²) in [7, 11) is 1.53. The van der Waals surface area contributed by atoms with E-state index in [1.165, 1.54) is 64.2 Å². The van der Waals surface area contributed by atoms with Gasteiger partial charge in [0.05, 0.1) is 39.9 Å². The fraction of sp³-hybridized carbons (Fsp3) is 0.775. The smallest absolute Gasteiger partial charge is 0.387 e. The third-order valence-corrected chi connectivity index (χ3v) is 9.21. The fourth-order valence-electron chi connectivity index (χ4n) is 5.07. The van der Waals surface area contributed by atoms with Crippen molar-refractivity contribution >= 4 is 13.7 Å². The fourth-order valence-corrected chi connectivity index (χ4v) is 5.81. The van der Waals surface area contributed by atoms with Crippen LogP contribution in [0.25, 0.3) is 0 Å². The third kappa shape index (κ3) is 34.7. The first-order chi connectivity index (χ1) is 23.5. The van der Waals surface area contributed by atoms with Crippen LogP contribution in [0.5, 0.6) is 0 Å². The monoisotopic (exact) mass is 712 g/mol. The molecular weight excluding hydrogens is 635 g/mol. The van der Waals surface area contributed by atoms with Crippen molar-refractivity contribution in [3.8, 4) is 0 Å². The Morgan fingerprint density at radius 2 is 1.16 bits per heavy atom. The predicted octanol–water partition coefficient (Wildman–Crippen LogP) is 10.1. The Balaban J connectivity index is 4.56. The molecule has 286 valence electrons. The molecule has 3 atom stereocenters. The Labute approximate surface area is 301 Å². The molecule has 0 aliphatic rings. The Morgan fingerprint density at radius 3 is 1.71 bits per heavy atom. The maximum atomic E-state index is 12.8. The average Bonchev–Trinajstić information content (AvgIpc) is 3.04. The summed E-state index contributed by atoms with van der Waals surface area (Å²) in [6.45, 7) is 4.67. The summed E-state index contributed by atoms with van der Waals surface area (Å²) in [5.74, 6) is -0.205. The molecule has 0 aromatic rings. The lowest BCUT2D eigenvalue weighted by Gasteiger charge is -2.25. The molecule has 0 aliphatic carbocycles. The number of aliphatic hydroxyl groups is 1. The molecule has 0 rings (SSSR count). The number of aliphatic hydroxyl groups excluding tert-OH is 1. The summed E-state index contributed by atoms with van der Waals surface area (Å²) in [5.41, 5.74) is 0. The lowest BCUT2D eigenvalue weighted by molar-refractivity contribution is -0.870. The van der Waals surface area contributed by atoms with Crippen molar-refractivity contribution in [1.29, 1.82) is 0 Å². The van der Waals surface area contributed by atoms with Crippen LogP contribution in [-0.4, -0.2) is 73.4 Å². The van der Waals surface area contributed by atoms with E-state index in [0.717, 1.165) is 64.2 Å². The van der Waals surface area contributed by atoms with E-state index in [0.29, 0.717) is 17.4 Å². The minimum absolute atomic E-state index is 0.0504. The van der Waals surface area contributed by atoms with Crippen LogP contribution in [0.15, 0.2) is 48.6 Å². The number of amides is 1. The molecular formula is C40H76N2O6P+. The van der Waals surface area contributed by atoms with Crippen LogP contribution in [-0.2, 0) is 18.4 Å². The van der Waals surface area contributed by atoms with Crippen molar-refractivity contribution in [1.82, 2.24) is 5.32 Å². The number of hydrogen-bond acceptors (Lipinski definition) is 5. The molecule has 0 saturated carbocycles. The molecule has 0 saturated heterocycles. The lowest BCUT2D eigenvalue weighted by Crippen LogP contribution is -2.45. The Morgan fingerprint density at radius 1 is 0.673 bits per heavy atom. The predicted molar refractivity (Wildman–Crippen MR) is 207 cm³/mol. The van der Waals surface area contributed by atoms with E-state index >= 15 is 0 Å². The van der Waals surface area contributed by atoms with Crippen LogP contribution in [0.2, 0.25) is 0 Å². The quantitative estimate of drug-likeness (QED) is 0.0266. The van der Waals surface area contributed by atoms with Crippen LogP contribution in [0.3, 0.4) is 0 Å². The van der Waals surface area contributed by atoms with Crippen LogP contribution in [0.1, 0.15) is 149 Å². The molecule has 0 bridgehead atoms. The van der Waals surface area contributed by atoms with Gasteiger partial charge >= 0.3 is 7.82 Å². The van der Waals surface area contributed by atoms with Crippen molar-refractivity contribution in [2.24, 2.45) is 0 Å². The number of phosphoric acid groups is 1. The number of quaternary nitrogens is 1. The molecule has 0 spiro atoms. The van der Waals surface area contributed by atoms with Gasteiger partial charge in [0.25, 0.3) is 0 Å². The number of allylic oxidation sites excluding steroid dienone is 7. The minimum Gasteiger partial charge on any atom is -0.387 e. The first kappa shape index (κ1) is 47.5. The molecule has 49 heavy (non-hydrogen) atoms. The summed E-state index contributed by atoms with van der Waals surface area (Å²) < 4.78 is 23.4. The largest absolute Gasteiger partial charge is 0.472 e. The molecule has 0 radical (unpaired) electrons. The van der Waals surface area contributed by atoms with Crippen LogP contribution >= 0.6 is 7.82 Å². The summed E-state index contributed by atoms with van der Waals surface area (Å²) >= 11 is 0. The molecule has 3 unspecified atom stereocenters. The van der Waals surface area contributed by atoms with Crippen molar-refractivity contribution in [3.63, 3.8) is 0 Å². The Hall–Kier alpha value is -1.54. The summed E-state index contributed by atoms with van der Waals surface area (Å²) in [5, 5.41) is 13.7. The third-order valence-electron chi connectivity index (χ3n) is 8.23. The zero-order chi connectivity index (χ0) is 36.5. The van der Waals surface area contributed by atoms with E-state index < -0.39 is 20.0 Å². The number of carbonyl (C=O) groups excluding carboxylic acids is 1. The van der Waals surface area contributed by atoms with E-state index in [1.807, 2.05) is 27.2 Å². The number of nitrogens with one attached hydrogen (secondary N) is 1. The number of carbonyl (C=O) groups is 1. The number of rotatable bonds is 34. The van der Waals surface area contributed by atoms with E-state index in [4.69, 9.17) is 9.05 Å². The number of unbranched alkanes of at least 4 members (excludes halogenated alkanes) is 15. The summed E-state index contributed by atoms with van der Waals surface area (Å²) in [6, 6.07) is -0.871. The zero-order valence-corrected chi connectivity index (χ0v) is 33.1. The average molecular weight is 712 g/mol. The number of likely N-dealkylation sites (N-methyl/N-ethyl adjacent to an activating group) is 1. The maximum absolute atomic E-state index is 12.8. The normalized spacial score (nSPS) is 15.2. The van der Waals surface area contributed by atoms with Gasteiger partial charge in [0.15, 0.2) is 0 Å². The summed E-state index contributed by atoms with van der Waals surface area (Å²) in [4.78, 5) is 23.0.